The van der Waals surface area contributed by atoms with Gasteiger partial charge < -0.3 is 15.4 Å². The summed E-state index contributed by atoms with van der Waals surface area (Å²) in [5.74, 6) is -0.133. The molecule has 2 aromatic carbocycles. The van der Waals surface area contributed by atoms with E-state index < -0.39 is 5.69 Å². The van der Waals surface area contributed by atoms with Crippen molar-refractivity contribution in [3.63, 3.8) is 0 Å². The lowest BCUT2D eigenvalue weighted by molar-refractivity contribution is 0.457. The summed E-state index contributed by atoms with van der Waals surface area (Å²) in [6.45, 7) is 7.10. The maximum atomic E-state index is 11.5. The number of imidazole rings is 1. The molecule has 5 nitrogen and oxygen atoms in total. The zero-order valence-corrected chi connectivity index (χ0v) is 13.5. The van der Waals surface area contributed by atoms with Gasteiger partial charge >= 0.3 is 5.69 Å². The lowest BCUT2D eigenvalue weighted by Crippen LogP contribution is -2.17. The predicted molar refractivity (Wildman–Crippen MR) is 92.8 cm³/mol. The van der Waals surface area contributed by atoms with Crippen molar-refractivity contribution in [1.82, 2.24) is 15.3 Å². The highest BCUT2D eigenvalue weighted by atomic mass is 16.3. The summed E-state index contributed by atoms with van der Waals surface area (Å²) in [5.41, 5.74) is 3.11. The molecule has 0 aliphatic rings. The molecule has 0 saturated heterocycles. The van der Waals surface area contributed by atoms with Crippen molar-refractivity contribution in [2.24, 2.45) is 0 Å². The molecule has 0 radical (unpaired) electrons. The molecule has 0 bridgehead atoms. The molecular weight excluding hydrogens is 290 g/mol. The van der Waals surface area contributed by atoms with Crippen LogP contribution in [0.4, 0.5) is 0 Å². The largest absolute Gasteiger partial charge is 0.493 e. The second-order valence-electron chi connectivity index (χ2n) is 5.82. The van der Waals surface area contributed by atoms with Crippen molar-refractivity contribution in [3.05, 3.63) is 51.9 Å². The monoisotopic (exact) mass is 311 g/mol. The van der Waals surface area contributed by atoms with Crippen molar-refractivity contribution in [1.29, 1.82) is 0 Å². The average Bonchev–Trinajstić information content (AvgIpc) is 2.85. The highest BCUT2D eigenvalue weighted by Gasteiger charge is 2.16. The van der Waals surface area contributed by atoms with Crippen LogP contribution >= 0.6 is 0 Å². The van der Waals surface area contributed by atoms with E-state index in [-0.39, 0.29) is 11.9 Å². The van der Waals surface area contributed by atoms with Gasteiger partial charge in [0.15, 0.2) is 0 Å². The highest BCUT2D eigenvalue weighted by Crippen LogP contribution is 2.35. The lowest BCUT2D eigenvalue weighted by atomic mass is 9.94. The average molecular weight is 311 g/mol. The normalized spacial score (nSPS) is 12.7. The van der Waals surface area contributed by atoms with E-state index >= 15 is 0 Å². The first-order valence-corrected chi connectivity index (χ1v) is 7.79. The number of aryl methyl sites for hydroxylation is 1. The number of hydrogen-bond donors (Lipinski definition) is 4. The number of aromatic amines is 2. The van der Waals surface area contributed by atoms with Crippen molar-refractivity contribution >= 4 is 10.8 Å². The van der Waals surface area contributed by atoms with Crippen LogP contribution in [-0.4, -0.2) is 21.6 Å². The molecule has 120 valence electrons. The van der Waals surface area contributed by atoms with Gasteiger partial charge in [-0.2, -0.15) is 0 Å². The zero-order chi connectivity index (χ0) is 16.6. The van der Waals surface area contributed by atoms with Crippen LogP contribution in [0.2, 0.25) is 0 Å². The van der Waals surface area contributed by atoms with E-state index in [1.807, 2.05) is 18.2 Å². The first-order chi connectivity index (χ1) is 11.0. The molecule has 1 heterocycles. The molecule has 3 rings (SSSR count). The summed E-state index contributed by atoms with van der Waals surface area (Å²) in [7, 11) is 0. The fourth-order valence-corrected chi connectivity index (χ4v) is 3.01. The molecule has 1 aromatic heterocycles. The highest BCUT2D eigenvalue weighted by molar-refractivity contribution is 5.99. The van der Waals surface area contributed by atoms with E-state index in [4.69, 9.17) is 0 Å². The summed E-state index contributed by atoms with van der Waals surface area (Å²) in [4.78, 5) is 16.6. The fourth-order valence-electron chi connectivity index (χ4n) is 3.01. The minimum Gasteiger partial charge on any atom is -0.493 e. The molecule has 5 heteroatoms. The Hall–Kier alpha value is -2.53. The van der Waals surface area contributed by atoms with E-state index in [0.717, 1.165) is 34.0 Å². The second kappa shape index (κ2) is 5.93. The Morgan fingerprint density at radius 1 is 1.22 bits per heavy atom. The number of nitrogens with one attached hydrogen (secondary N) is 3. The minimum absolute atomic E-state index is 0.133. The summed E-state index contributed by atoms with van der Waals surface area (Å²) >= 11 is 0. The van der Waals surface area contributed by atoms with Crippen molar-refractivity contribution in [2.75, 3.05) is 6.54 Å². The third-order valence-electron chi connectivity index (χ3n) is 4.22. The van der Waals surface area contributed by atoms with E-state index in [9.17, 15) is 9.90 Å². The van der Waals surface area contributed by atoms with Crippen molar-refractivity contribution < 1.29 is 5.11 Å². The third-order valence-corrected chi connectivity index (χ3v) is 4.22. The van der Waals surface area contributed by atoms with Gasteiger partial charge in [0.05, 0.1) is 0 Å². The number of benzene rings is 2. The maximum Gasteiger partial charge on any atom is 0.326 e. The topological polar surface area (TPSA) is 80.9 Å². The second-order valence-corrected chi connectivity index (χ2v) is 5.82. The van der Waals surface area contributed by atoms with Crippen LogP contribution in [0.3, 0.4) is 0 Å². The SMILES string of the molecule is CCNC(C)c1cc(-c2[nH]c(=O)[nH]c2O)c2cccc(C)c2c1. The van der Waals surface area contributed by atoms with Crippen LogP contribution in [0.1, 0.15) is 31.0 Å². The van der Waals surface area contributed by atoms with Gasteiger partial charge in [-0.05, 0) is 54.4 Å². The quantitative estimate of drug-likeness (QED) is 0.597. The van der Waals surface area contributed by atoms with Crippen LogP contribution in [0.25, 0.3) is 22.0 Å². The van der Waals surface area contributed by atoms with E-state index in [1.54, 1.807) is 0 Å². The molecule has 0 spiro atoms. The summed E-state index contributed by atoms with van der Waals surface area (Å²) in [5, 5.41) is 15.6. The van der Waals surface area contributed by atoms with Gasteiger partial charge in [-0.1, -0.05) is 25.1 Å². The van der Waals surface area contributed by atoms with Crippen LogP contribution in [0.5, 0.6) is 5.88 Å². The first-order valence-electron chi connectivity index (χ1n) is 7.79. The Labute approximate surface area is 134 Å². The molecular formula is C18H21N3O2. The molecule has 1 atom stereocenters. The molecule has 0 fully saturated rings. The van der Waals surface area contributed by atoms with Crippen LogP contribution in [0, 0.1) is 6.92 Å². The molecule has 0 amide bonds. The lowest BCUT2D eigenvalue weighted by Gasteiger charge is -2.17. The number of aromatic nitrogens is 2. The van der Waals surface area contributed by atoms with E-state index in [0.29, 0.717) is 5.69 Å². The molecule has 0 saturated carbocycles. The van der Waals surface area contributed by atoms with Gasteiger partial charge in [0.1, 0.15) is 5.69 Å². The van der Waals surface area contributed by atoms with Crippen LogP contribution in [0.15, 0.2) is 35.1 Å². The molecule has 3 aromatic rings. The molecule has 0 aliphatic carbocycles. The number of H-pyrrole nitrogens is 2. The number of hydrogen-bond acceptors (Lipinski definition) is 3. The smallest absolute Gasteiger partial charge is 0.326 e. The predicted octanol–water partition coefficient (Wildman–Crippen LogP) is 3.21. The number of fused-ring (bicyclic) bond motifs is 1. The Kier molecular flexibility index (Phi) is 3.96. The van der Waals surface area contributed by atoms with E-state index in [2.05, 4.69) is 48.2 Å². The Morgan fingerprint density at radius 2 is 2.00 bits per heavy atom. The van der Waals surface area contributed by atoms with Gasteiger partial charge in [-0.25, -0.2) is 4.79 Å². The van der Waals surface area contributed by atoms with Crippen molar-refractivity contribution in [2.45, 2.75) is 26.8 Å². The first kappa shape index (κ1) is 15.4. The van der Waals surface area contributed by atoms with Gasteiger partial charge in [0.25, 0.3) is 0 Å². The fraction of sp³-hybridized carbons (Fsp3) is 0.278. The van der Waals surface area contributed by atoms with Crippen LogP contribution in [-0.2, 0) is 0 Å². The van der Waals surface area contributed by atoms with Gasteiger partial charge in [0, 0.05) is 11.6 Å². The Morgan fingerprint density at radius 3 is 2.65 bits per heavy atom. The molecule has 1 unspecified atom stereocenters. The van der Waals surface area contributed by atoms with Crippen molar-refractivity contribution in [3.8, 4) is 17.1 Å². The van der Waals surface area contributed by atoms with Gasteiger partial charge in [0.2, 0.25) is 5.88 Å². The molecule has 23 heavy (non-hydrogen) atoms. The van der Waals surface area contributed by atoms with Gasteiger partial charge in [-0.3, -0.25) is 4.98 Å². The standard InChI is InChI=1S/C18H21N3O2/c1-4-19-11(3)12-8-14-10(2)6-5-7-13(14)15(9-12)16-17(22)21-18(23)20-16/h5-9,11,19,22H,4H2,1-3H3,(H2,20,21,23). The van der Waals surface area contributed by atoms with Gasteiger partial charge in [-0.15, -0.1) is 0 Å². The number of aromatic hydroxyl groups is 1. The molecule has 4 N–H and O–H groups in total. The number of rotatable bonds is 4. The molecule has 0 aliphatic heterocycles. The summed E-state index contributed by atoms with van der Waals surface area (Å²) < 4.78 is 0. The Bertz CT molecular complexity index is 908. The third kappa shape index (κ3) is 2.75. The Balaban J connectivity index is 2.32. The zero-order valence-electron chi connectivity index (χ0n) is 13.5. The maximum absolute atomic E-state index is 11.5. The minimum atomic E-state index is -0.413. The summed E-state index contributed by atoms with van der Waals surface area (Å²) in [6.07, 6.45) is 0. The van der Waals surface area contributed by atoms with Crippen LogP contribution < -0.4 is 11.0 Å². The van der Waals surface area contributed by atoms with E-state index in [1.165, 1.54) is 0 Å². The summed E-state index contributed by atoms with van der Waals surface area (Å²) in [6, 6.07) is 10.4.